The molecule has 2 amide bonds. The summed E-state index contributed by atoms with van der Waals surface area (Å²) >= 11 is 0. The standard InChI is InChI=1S/C33H36N2O9S2/c1-3-5-21-41-27-13-17-31(18-14-27)45(37,38)43-29-11-7-9-25(23-29)34-33(36)35-26-10-8-12-30(24-26)44-46(39,40)32-19-15-28(16-20-32)42-22-6-4-2/h7-20,23-24H,3-6,21-22H2,1-2H3,(H2,34,35,36). The Labute approximate surface area is 269 Å². The molecule has 244 valence electrons. The molecule has 0 saturated carbocycles. The topological polar surface area (TPSA) is 146 Å². The van der Waals surface area contributed by atoms with Gasteiger partial charge in [0, 0.05) is 23.5 Å². The maximum absolute atomic E-state index is 12.8. The van der Waals surface area contributed by atoms with Gasteiger partial charge in [-0.05, 0) is 85.6 Å². The zero-order chi connectivity index (χ0) is 33.0. The first-order valence-electron chi connectivity index (χ1n) is 14.7. The van der Waals surface area contributed by atoms with Crippen molar-refractivity contribution >= 4 is 37.6 Å². The van der Waals surface area contributed by atoms with Crippen molar-refractivity contribution in [1.29, 1.82) is 0 Å². The van der Waals surface area contributed by atoms with Crippen LogP contribution in [0.15, 0.2) is 107 Å². The van der Waals surface area contributed by atoms with Crippen LogP contribution in [-0.2, 0) is 20.2 Å². The van der Waals surface area contributed by atoms with Crippen LogP contribution in [0.25, 0.3) is 0 Å². The molecule has 0 unspecified atom stereocenters. The number of benzene rings is 4. The molecule has 13 heteroatoms. The molecule has 0 saturated heterocycles. The summed E-state index contributed by atoms with van der Waals surface area (Å²) in [4.78, 5) is 12.6. The highest BCUT2D eigenvalue weighted by atomic mass is 32.2. The summed E-state index contributed by atoms with van der Waals surface area (Å²) in [6, 6.07) is 22.9. The van der Waals surface area contributed by atoms with Gasteiger partial charge in [-0.15, -0.1) is 0 Å². The smallest absolute Gasteiger partial charge is 0.339 e. The zero-order valence-corrected chi connectivity index (χ0v) is 27.1. The lowest BCUT2D eigenvalue weighted by Gasteiger charge is -2.12. The second-order valence-corrected chi connectivity index (χ2v) is 13.1. The van der Waals surface area contributed by atoms with Crippen LogP contribution in [0, 0.1) is 0 Å². The van der Waals surface area contributed by atoms with E-state index in [-0.39, 0.29) is 32.7 Å². The number of hydrogen-bond donors (Lipinski definition) is 2. The monoisotopic (exact) mass is 668 g/mol. The van der Waals surface area contributed by atoms with Crippen molar-refractivity contribution < 1.29 is 39.5 Å². The van der Waals surface area contributed by atoms with Gasteiger partial charge in [-0.3, -0.25) is 0 Å². The van der Waals surface area contributed by atoms with Crippen molar-refractivity contribution in [2.45, 2.75) is 49.3 Å². The van der Waals surface area contributed by atoms with Crippen LogP contribution in [0.5, 0.6) is 23.0 Å². The molecule has 4 rings (SSSR count). The van der Waals surface area contributed by atoms with Gasteiger partial charge in [-0.25, -0.2) is 4.79 Å². The third kappa shape index (κ3) is 10.1. The van der Waals surface area contributed by atoms with E-state index in [9.17, 15) is 21.6 Å². The summed E-state index contributed by atoms with van der Waals surface area (Å²) in [5.41, 5.74) is 0.504. The van der Waals surface area contributed by atoms with Crippen LogP contribution in [0.3, 0.4) is 0 Å². The summed E-state index contributed by atoms with van der Waals surface area (Å²) in [7, 11) is -8.30. The SMILES string of the molecule is CCCCOc1ccc(S(=O)(=O)Oc2cccc(NC(=O)Nc3cccc(OS(=O)(=O)c4ccc(OCCCC)cc4)c3)c2)cc1. The second-order valence-electron chi connectivity index (χ2n) is 10.1. The maximum atomic E-state index is 12.8. The minimum absolute atomic E-state index is 0.0118. The van der Waals surface area contributed by atoms with E-state index in [0.29, 0.717) is 24.7 Å². The number of hydrogen-bond acceptors (Lipinski definition) is 9. The number of rotatable bonds is 16. The van der Waals surface area contributed by atoms with Crippen molar-refractivity contribution in [3.8, 4) is 23.0 Å². The Morgan fingerprint density at radius 3 is 1.33 bits per heavy atom. The van der Waals surface area contributed by atoms with Gasteiger partial charge >= 0.3 is 26.3 Å². The Kier molecular flexibility index (Phi) is 11.9. The van der Waals surface area contributed by atoms with Gasteiger partial charge in [0.2, 0.25) is 0 Å². The lowest BCUT2D eigenvalue weighted by atomic mass is 10.3. The molecule has 46 heavy (non-hydrogen) atoms. The zero-order valence-electron chi connectivity index (χ0n) is 25.5. The molecule has 0 aromatic heterocycles. The average molecular weight is 669 g/mol. The van der Waals surface area contributed by atoms with E-state index >= 15 is 0 Å². The summed E-state index contributed by atoms with van der Waals surface area (Å²) in [6.07, 6.45) is 3.75. The number of carbonyl (C=O) groups excluding carboxylic acids is 1. The number of amides is 2. The van der Waals surface area contributed by atoms with Crippen LogP contribution < -0.4 is 28.5 Å². The van der Waals surface area contributed by atoms with E-state index in [0.717, 1.165) is 25.7 Å². The molecule has 4 aromatic rings. The van der Waals surface area contributed by atoms with Gasteiger partial charge in [0.15, 0.2) is 0 Å². The van der Waals surface area contributed by atoms with Gasteiger partial charge in [-0.2, -0.15) is 16.8 Å². The van der Waals surface area contributed by atoms with E-state index in [4.69, 9.17) is 17.8 Å². The van der Waals surface area contributed by atoms with Crippen LogP contribution in [0.2, 0.25) is 0 Å². The van der Waals surface area contributed by atoms with Crippen molar-refractivity contribution in [1.82, 2.24) is 0 Å². The minimum Gasteiger partial charge on any atom is -0.494 e. The number of carbonyl (C=O) groups is 1. The van der Waals surface area contributed by atoms with Gasteiger partial charge in [-0.1, -0.05) is 38.8 Å². The van der Waals surface area contributed by atoms with Crippen molar-refractivity contribution in [3.05, 3.63) is 97.1 Å². The van der Waals surface area contributed by atoms with Crippen LogP contribution in [-0.4, -0.2) is 36.1 Å². The number of ether oxygens (including phenoxy) is 2. The first kappa shape index (κ1) is 34.1. The highest BCUT2D eigenvalue weighted by Crippen LogP contribution is 2.26. The number of urea groups is 1. The maximum Gasteiger partial charge on any atom is 0.339 e. The van der Waals surface area contributed by atoms with E-state index in [1.807, 2.05) is 13.8 Å². The molecule has 0 heterocycles. The Balaban J connectivity index is 1.34. The molecule has 4 aromatic carbocycles. The molecule has 0 aliphatic rings. The fourth-order valence-electron chi connectivity index (χ4n) is 3.97. The molecular weight excluding hydrogens is 633 g/mol. The molecule has 0 aliphatic carbocycles. The third-order valence-corrected chi connectivity index (χ3v) is 8.88. The number of anilines is 2. The Morgan fingerprint density at radius 2 is 0.957 bits per heavy atom. The average Bonchev–Trinajstić information content (AvgIpc) is 3.02. The number of unbranched alkanes of at least 4 members (excludes halogenated alkanes) is 2. The van der Waals surface area contributed by atoms with Crippen LogP contribution in [0.4, 0.5) is 16.2 Å². The number of nitrogens with one attached hydrogen (secondary N) is 2. The predicted molar refractivity (Wildman–Crippen MR) is 175 cm³/mol. The second kappa shape index (κ2) is 16.0. The van der Waals surface area contributed by atoms with E-state index < -0.39 is 26.3 Å². The molecule has 0 aliphatic heterocycles. The minimum atomic E-state index is -4.15. The lowest BCUT2D eigenvalue weighted by molar-refractivity contribution is 0.262. The summed E-state index contributed by atoms with van der Waals surface area (Å²) in [6.45, 7) is 5.18. The summed E-state index contributed by atoms with van der Waals surface area (Å²) in [5, 5.41) is 5.19. The fraction of sp³-hybridized carbons (Fsp3) is 0.242. The van der Waals surface area contributed by atoms with Crippen LogP contribution in [0.1, 0.15) is 39.5 Å². The van der Waals surface area contributed by atoms with Gasteiger partial charge < -0.3 is 28.5 Å². The highest BCUT2D eigenvalue weighted by molar-refractivity contribution is 7.87. The van der Waals surface area contributed by atoms with E-state index in [1.54, 1.807) is 36.4 Å². The van der Waals surface area contributed by atoms with Gasteiger partial charge in [0.1, 0.15) is 32.8 Å². The van der Waals surface area contributed by atoms with Crippen molar-refractivity contribution in [3.63, 3.8) is 0 Å². The summed E-state index contributed by atoms with van der Waals surface area (Å²) < 4.78 is 72.9. The van der Waals surface area contributed by atoms with E-state index in [1.165, 1.54) is 60.7 Å². The molecule has 0 fully saturated rings. The van der Waals surface area contributed by atoms with Crippen molar-refractivity contribution in [2.24, 2.45) is 0 Å². The Morgan fingerprint density at radius 1 is 0.565 bits per heavy atom. The molecule has 11 nitrogen and oxygen atoms in total. The molecular formula is C33H36N2O9S2. The third-order valence-electron chi connectivity index (χ3n) is 6.35. The Hall–Kier alpha value is -4.75. The summed E-state index contributed by atoms with van der Waals surface area (Å²) in [5.74, 6) is 1.09. The molecule has 0 atom stereocenters. The van der Waals surface area contributed by atoms with Gasteiger partial charge in [0.05, 0.1) is 13.2 Å². The quantitative estimate of drug-likeness (QED) is 0.0933. The predicted octanol–water partition coefficient (Wildman–Crippen LogP) is 7.22. The first-order chi connectivity index (χ1) is 22.1. The Bertz CT molecular complexity index is 1680. The largest absolute Gasteiger partial charge is 0.494 e. The van der Waals surface area contributed by atoms with E-state index in [2.05, 4.69) is 10.6 Å². The molecule has 0 bridgehead atoms. The molecule has 2 N–H and O–H groups in total. The molecule has 0 radical (unpaired) electrons. The van der Waals surface area contributed by atoms with Crippen molar-refractivity contribution in [2.75, 3.05) is 23.8 Å². The van der Waals surface area contributed by atoms with Gasteiger partial charge in [0.25, 0.3) is 0 Å². The normalized spacial score (nSPS) is 11.3. The highest BCUT2D eigenvalue weighted by Gasteiger charge is 2.19. The first-order valence-corrected chi connectivity index (χ1v) is 17.5. The molecule has 0 spiro atoms. The lowest BCUT2D eigenvalue weighted by Crippen LogP contribution is -2.19. The van der Waals surface area contributed by atoms with Crippen LogP contribution >= 0.6 is 0 Å². The fourth-order valence-corrected chi connectivity index (χ4v) is 5.81.